The molecule has 0 aliphatic rings. The smallest absolute Gasteiger partial charge is 0.326 e. The van der Waals surface area contributed by atoms with Gasteiger partial charge in [-0.3, -0.25) is 9.59 Å². The Kier molecular flexibility index (Phi) is 7.36. The van der Waals surface area contributed by atoms with Gasteiger partial charge in [0, 0.05) is 12.8 Å². The monoisotopic (exact) mass is 249 g/mol. The third-order valence-electron chi connectivity index (χ3n) is 1.85. The first kappa shape index (κ1) is 14.8. The van der Waals surface area contributed by atoms with Gasteiger partial charge < -0.3 is 15.5 Å². The molecule has 0 heterocycles. The van der Waals surface area contributed by atoms with Crippen molar-refractivity contribution in [1.82, 2.24) is 5.32 Å². The number of thiol groups is 1. The van der Waals surface area contributed by atoms with Gasteiger partial charge in [0.15, 0.2) is 0 Å². The third-order valence-corrected chi connectivity index (χ3v) is 2.10. The highest BCUT2D eigenvalue weighted by atomic mass is 32.1. The molecular weight excluding hydrogens is 234 g/mol. The summed E-state index contributed by atoms with van der Waals surface area (Å²) >= 11 is 3.88. The highest BCUT2D eigenvalue weighted by Crippen LogP contribution is 1.99. The Morgan fingerprint density at radius 3 is 2.25 bits per heavy atom. The van der Waals surface area contributed by atoms with Gasteiger partial charge >= 0.3 is 11.9 Å². The molecule has 3 N–H and O–H groups in total. The molecule has 0 radical (unpaired) electrons. The maximum atomic E-state index is 11.2. The van der Waals surface area contributed by atoms with Gasteiger partial charge in [-0.1, -0.05) is 0 Å². The molecule has 0 spiro atoms. The Morgan fingerprint density at radius 1 is 1.19 bits per heavy atom. The lowest BCUT2D eigenvalue weighted by molar-refractivity contribution is -0.142. The van der Waals surface area contributed by atoms with Crippen LogP contribution in [-0.4, -0.2) is 39.9 Å². The second-order valence-electron chi connectivity index (χ2n) is 3.22. The van der Waals surface area contributed by atoms with E-state index in [9.17, 15) is 14.4 Å². The summed E-state index contributed by atoms with van der Waals surface area (Å²) in [5.74, 6) is -2.18. The van der Waals surface area contributed by atoms with Crippen molar-refractivity contribution in [3.05, 3.63) is 0 Å². The summed E-state index contributed by atoms with van der Waals surface area (Å²) in [5, 5.41) is 19.4. The highest BCUT2D eigenvalue weighted by Gasteiger charge is 2.18. The molecule has 0 aliphatic carbocycles. The maximum Gasteiger partial charge on any atom is 0.326 e. The summed E-state index contributed by atoms with van der Waals surface area (Å²) in [4.78, 5) is 32.1. The van der Waals surface area contributed by atoms with Gasteiger partial charge in [0.1, 0.15) is 6.04 Å². The van der Waals surface area contributed by atoms with E-state index in [0.717, 1.165) is 0 Å². The Labute approximate surface area is 98.4 Å². The summed E-state index contributed by atoms with van der Waals surface area (Å²) in [6, 6.07) is -0.949. The van der Waals surface area contributed by atoms with Crippen LogP contribution in [0, 0.1) is 0 Å². The van der Waals surface area contributed by atoms with Gasteiger partial charge in [0.25, 0.3) is 0 Å². The number of hydrogen-bond donors (Lipinski definition) is 4. The lowest BCUT2D eigenvalue weighted by atomic mass is 10.2. The Bertz CT molecular complexity index is 269. The fourth-order valence-corrected chi connectivity index (χ4v) is 1.31. The fourth-order valence-electron chi connectivity index (χ4n) is 1.05. The van der Waals surface area contributed by atoms with Gasteiger partial charge in [-0.25, -0.2) is 4.79 Å². The Balaban J connectivity index is 3.90. The van der Waals surface area contributed by atoms with E-state index in [1.165, 1.54) is 0 Å². The van der Waals surface area contributed by atoms with Crippen LogP contribution in [0.2, 0.25) is 0 Å². The molecule has 0 aromatic rings. The van der Waals surface area contributed by atoms with Crippen molar-refractivity contribution in [2.45, 2.75) is 31.7 Å². The highest BCUT2D eigenvalue weighted by molar-refractivity contribution is 7.80. The van der Waals surface area contributed by atoms with E-state index >= 15 is 0 Å². The van der Waals surface area contributed by atoms with Crippen molar-refractivity contribution < 1.29 is 24.6 Å². The molecule has 0 aliphatic heterocycles. The van der Waals surface area contributed by atoms with Crippen molar-refractivity contribution in [2.24, 2.45) is 0 Å². The zero-order valence-electron chi connectivity index (χ0n) is 8.68. The predicted molar refractivity (Wildman–Crippen MR) is 59.5 cm³/mol. The van der Waals surface area contributed by atoms with Crippen LogP contribution in [0.1, 0.15) is 25.7 Å². The van der Waals surface area contributed by atoms with Crippen LogP contribution in [0.25, 0.3) is 0 Å². The van der Waals surface area contributed by atoms with Crippen LogP contribution in [-0.2, 0) is 14.4 Å². The first-order valence-corrected chi connectivity index (χ1v) is 5.45. The maximum absolute atomic E-state index is 11.2. The lowest BCUT2D eigenvalue weighted by Crippen LogP contribution is -2.41. The van der Waals surface area contributed by atoms with Gasteiger partial charge in [-0.15, -0.1) is 0 Å². The van der Waals surface area contributed by atoms with E-state index in [1.807, 2.05) is 0 Å². The summed E-state index contributed by atoms with van der Waals surface area (Å²) in [7, 11) is 0. The number of rotatable bonds is 8. The van der Waals surface area contributed by atoms with E-state index in [2.05, 4.69) is 17.9 Å². The van der Waals surface area contributed by atoms with Crippen molar-refractivity contribution >= 4 is 30.5 Å². The molecule has 1 amide bonds. The number of carbonyl (C=O) groups is 3. The molecule has 16 heavy (non-hydrogen) atoms. The van der Waals surface area contributed by atoms with E-state index in [0.29, 0.717) is 5.75 Å². The molecule has 0 fully saturated rings. The molecule has 92 valence electrons. The summed E-state index contributed by atoms with van der Waals surface area (Å²) < 4.78 is 0. The van der Waals surface area contributed by atoms with E-state index in [4.69, 9.17) is 10.2 Å². The molecule has 6 nitrogen and oxygen atoms in total. The van der Waals surface area contributed by atoms with Gasteiger partial charge in [-0.2, -0.15) is 12.6 Å². The van der Waals surface area contributed by atoms with Crippen LogP contribution in [0.5, 0.6) is 0 Å². The SMILES string of the molecule is O=C(O)CCCC(=O)NC(CCS)C(=O)O. The Morgan fingerprint density at radius 2 is 1.81 bits per heavy atom. The van der Waals surface area contributed by atoms with E-state index in [-0.39, 0.29) is 25.7 Å². The van der Waals surface area contributed by atoms with Crippen LogP contribution < -0.4 is 5.32 Å². The van der Waals surface area contributed by atoms with Crippen molar-refractivity contribution in [3.8, 4) is 0 Å². The van der Waals surface area contributed by atoms with Crippen molar-refractivity contribution in [3.63, 3.8) is 0 Å². The minimum atomic E-state index is -1.11. The molecular formula is C9H15NO5S. The normalized spacial score (nSPS) is 11.8. The second-order valence-corrected chi connectivity index (χ2v) is 3.67. The quantitative estimate of drug-likeness (QED) is 0.458. The molecule has 0 rings (SSSR count). The standard InChI is InChI=1S/C9H15NO5S/c11-7(2-1-3-8(12)13)10-6(4-5-16)9(14)15/h6,16H,1-5H2,(H,10,11)(H,12,13)(H,14,15). The number of hydrogen-bond acceptors (Lipinski definition) is 4. The summed E-state index contributed by atoms with van der Waals surface area (Å²) in [5.41, 5.74) is 0. The number of carboxylic acids is 2. The molecule has 0 aromatic heterocycles. The zero-order chi connectivity index (χ0) is 12.6. The average Bonchev–Trinajstić information content (AvgIpc) is 2.16. The molecule has 0 saturated heterocycles. The summed E-state index contributed by atoms with van der Waals surface area (Å²) in [6.07, 6.45) is 0.359. The topological polar surface area (TPSA) is 104 Å². The van der Waals surface area contributed by atoms with Crippen LogP contribution in [0.4, 0.5) is 0 Å². The van der Waals surface area contributed by atoms with Gasteiger partial charge in [0.05, 0.1) is 0 Å². The molecule has 0 saturated carbocycles. The minimum Gasteiger partial charge on any atom is -0.481 e. The molecule has 7 heteroatoms. The van der Waals surface area contributed by atoms with Crippen LogP contribution in [0.15, 0.2) is 0 Å². The first-order chi connectivity index (χ1) is 7.47. The minimum absolute atomic E-state index is 0.0165. The van der Waals surface area contributed by atoms with Crippen molar-refractivity contribution in [1.29, 1.82) is 0 Å². The van der Waals surface area contributed by atoms with E-state index in [1.54, 1.807) is 0 Å². The number of carbonyl (C=O) groups excluding carboxylic acids is 1. The van der Waals surface area contributed by atoms with Gasteiger partial charge in [-0.05, 0) is 18.6 Å². The van der Waals surface area contributed by atoms with Crippen LogP contribution in [0.3, 0.4) is 0 Å². The molecule has 0 bridgehead atoms. The number of amides is 1. The molecule has 0 aromatic carbocycles. The first-order valence-electron chi connectivity index (χ1n) is 4.82. The molecule has 1 unspecified atom stereocenters. The number of nitrogens with one attached hydrogen (secondary N) is 1. The lowest BCUT2D eigenvalue weighted by Gasteiger charge is -2.12. The predicted octanol–water partition coefficient (Wildman–Crippen LogP) is 0.131. The van der Waals surface area contributed by atoms with Gasteiger partial charge in [0.2, 0.25) is 5.91 Å². The van der Waals surface area contributed by atoms with E-state index < -0.39 is 23.9 Å². The average molecular weight is 249 g/mol. The second kappa shape index (κ2) is 7.98. The number of aliphatic carboxylic acids is 2. The fraction of sp³-hybridized carbons (Fsp3) is 0.667. The van der Waals surface area contributed by atoms with Crippen molar-refractivity contribution in [2.75, 3.05) is 5.75 Å². The third kappa shape index (κ3) is 7.10. The summed E-state index contributed by atoms with van der Waals surface area (Å²) in [6.45, 7) is 0. The van der Waals surface area contributed by atoms with Crippen LogP contribution >= 0.6 is 12.6 Å². The zero-order valence-corrected chi connectivity index (χ0v) is 9.57. The largest absolute Gasteiger partial charge is 0.481 e. The number of carboxylic acid groups (broad SMARTS) is 2. The molecule has 1 atom stereocenters. The Hall–Kier alpha value is -1.24.